The van der Waals surface area contributed by atoms with Crippen molar-refractivity contribution in [2.75, 3.05) is 37.7 Å². The summed E-state index contributed by atoms with van der Waals surface area (Å²) in [6.07, 6.45) is -0.222. The minimum absolute atomic E-state index is 0.0782. The van der Waals surface area contributed by atoms with Gasteiger partial charge < -0.3 is 14.7 Å². The van der Waals surface area contributed by atoms with E-state index < -0.39 is 6.04 Å². The first-order valence-corrected chi connectivity index (χ1v) is 8.33. The average molecular weight is 347 g/mol. The Bertz CT molecular complexity index is 667. The lowest BCUT2D eigenvalue weighted by molar-refractivity contribution is -0.123. The summed E-state index contributed by atoms with van der Waals surface area (Å²) < 4.78 is 4.98. The monoisotopic (exact) mass is 347 g/mol. The Morgan fingerprint density at radius 1 is 1.16 bits per heavy atom. The lowest BCUT2D eigenvalue weighted by atomic mass is 10.2. The number of amides is 3. The molecule has 1 atom stereocenters. The van der Waals surface area contributed by atoms with Gasteiger partial charge in [-0.15, -0.1) is 0 Å². The highest BCUT2D eigenvalue weighted by Crippen LogP contribution is 2.27. The second kappa shape index (κ2) is 7.10. The number of hydrogen-bond acceptors (Lipinski definition) is 6. The topological polar surface area (TPSA) is 90.4 Å². The van der Waals surface area contributed by atoms with Crippen molar-refractivity contribution >= 4 is 23.6 Å². The van der Waals surface area contributed by atoms with Gasteiger partial charge in [-0.2, -0.15) is 0 Å². The number of ether oxygens (including phenoxy) is 1. The zero-order valence-electron chi connectivity index (χ0n) is 14.1. The number of benzene rings is 1. The predicted octanol–water partition coefficient (Wildman–Crippen LogP) is 0.798. The van der Waals surface area contributed by atoms with Crippen molar-refractivity contribution in [3.05, 3.63) is 24.3 Å². The molecule has 8 nitrogen and oxygen atoms in total. The highest BCUT2D eigenvalue weighted by Gasteiger charge is 2.43. The molecule has 0 aliphatic carbocycles. The van der Waals surface area contributed by atoms with Crippen molar-refractivity contribution in [3.63, 3.8) is 0 Å². The molecule has 3 rings (SSSR count). The summed E-state index contributed by atoms with van der Waals surface area (Å²) in [7, 11) is 0. The van der Waals surface area contributed by atoms with Gasteiger partial charge in [-0.1, -0.05) is 0 Å². The van der Waals surface area contributed by atoms with Crippen LogP contribution in [-0.4, -0.2) is 71.6 Å². The lowest BCUT2D eigenvalue weighted by Crippen LogP contribution is -2.53. The van der Waals surface area contributed by atoms with Gasteiger partial charge in [0.05, 0.1) is 24.8 Å². The smallest absolute Gasteiger partial charge is 0.409 e. The van der Waals surface area contributed by atoms with Crippen LogP contribution in [0.2, 0.25) is 0 Å². The summed E-state index contributed by atoms with van der Waals surface area (Å²) in [5, 5.41) is 9.36. The maximum Gasteiger partial charge on any atom is 0.409 e. The number of phenolic OH excluding ortho intramolecular Hbond substituents is 1. The van der Waals surface area contributed by atoms with Gasteiger partial charge >= 0.3 is 6.09 Å². The SMILES string of the molecule is CCOC(=O)N1CCN(C2CC(=O)N(c3ccc(O)cc3)C2=O)CC1. The van der Waals surface area contributed by atoms with Crippen LogP contribution in [0.1, 0.15) is 13.3 Å². The number of rotatable bonds is 3. The van der Waals surface area contributed by atoms with Crippen molar-refractivity contribution in [2.24, 2.45) is 0 Å². The number of nitrogens with zero attached hydrogens (tertiary/aromatic N) is 3. The number of piperazine rings is 1. The van der Waals surface area contributed by atoms with Crippen LogP contribution in [0.15, 0.2) is 24.3 Å². The number of hydrogen-bond donors (Lipinski definition) is 1. The predicted molar refractivity (Wildman–Crippen MR) is 89.2 cm³/mol. The van der Waals surface area contributed by atoms with E-state index in [2.05, 4.69) is 0 Å². The molecule has 1 aromatic carbocycles. The molecule has 25 heavy (non-hydrogen) atoms. The van der Waals surface area contributed by atoms with Crippen LogP contribution in [0.3, 0.4) is 0 Å². The number of phenols is 1. The molecule has 2 aliphatic rings. The van der Waals surface area contributed by atoms with Crippen LogP contribution in [-0.2, 0) is 14.3 Å². The van der Waals surface area contributed by atoms with Gasteiger partial charge in [0.1, 0.15) is 5.75 Å². The molecule has 2 heterocycles. The largest absolute Gasteiger partial charge is 0.508 e. The fraction of sp³-hybridized carbons (Fsp3) is 0.471. The third-order valence-corrected chi connectivity index (χ3v) is 4.51. The van der Waals surface area contributed by atoms with Crippen LogP contribution < -0.4 is 4.90 Å². The van der Waals surface area contributed by atoms with E-state index in [1.807, 2.05) is 4.90 Å². The third kappa shape index (κ3) is 3.43. The van der Waals surface area contributed by atoms with Crippen LogP contribution >= 0.6 is 0 Å². The molecule has 0 saturated carbocycles. The molecule has 8 heteroatoms. The second-order valence-electron chi connectivity index (χ2n) is 6.03. The highest BCUT2D eigenvalue weighted by atomic mass is 16.6. The Balaban J connectivity index is 1.65. The van der Waals surface area contributed by atoms with Crippen LogP contribution in [0, 0.1) is 0 Å². The van der Waals surface area contributed by atoms with E-state index in [1.165, 1.54) is 17.0 Å². The minimum atomic E-state index is -0.509. The summed E-state index contributed by atoms with van der Waals surface area (Å²) in [6.45, 7) is 4.06. The van der Waals surface area contributed by atoms with Gasteiger partial charge in [-0.3, -0.25) is 14.5 Å². The molecule has 2 saturated heterocycles. The van der Waals surface area contributed by atoms with Gasteiger partial charge in [0.25, 0.3) is 5.91 Å². The van der Waals surface area contributed by atoms with Gasteiger partial charge in [0, 0.05) is 26.2 Å². The second-order valence-corrected chi connectivity index (χ2v) is 6.03. The molecule has 2 fully saturated rings. The molecule has 0 radical (unpaired) electrons. The van der Waals surface area contributed by atoms with Crippen LogP contribution in [0.25, 0.3) is 0 Å². The molecule has 0 spiro atoms. The number of aromatic hydroxyl groups is 1. The normalized spacial score (nSPS) is 21.7. The zero-order chi connectivity index (χ0) is 18.0. The molecule has 1 aromatic rings. The van der Waals surface area contributed by atoms with Crippen molar-refractivity contribution in [2.45, 2.75) is 19.4 Å². The first-order valence-electron chi connectivity index (χ1n) is 8.33. The zero-order valence-corrected chi connectivity index (χ0v) is 14.1. The van der Waals surface area contributed by atoms with Gasteiger partial charge in [-0.25, -0.2) is 9.69 Å². The summed E-state index contributed by atoms with van der Waals surface area (Å²) in [5.74, 6) is -0.441. The standard InChI is InChI=1S/C17H21N3O5/c1-2-25-17(24)19-9-7-18(8-10-19)14-11-15(22)20(16(14)23)12-3-5-13(21)6-4-12/h3-6,14,21H,2,7-11H2,1H3. The van der Waals surface area contributed by atoms with E-state index >= 15 is 0 Å². The number of carbonyl (C=O) groups excluding carboxylic acids is 3. The Labute approximate surface area is 145 Å². The number of anilines is 1. The van der Waals surface area contributed by atoms with Crippen LogP contribution in [0.5, 0.6) is 5.75 Å². The molecule has 134 valence electrons. The first kappa shape index (κ1) is 17.2. The molecule has 1 unspecified atom stereocenters. The molecule has 1 N–H and O–H groups in total. The Kier molecular flexibility index (Phi) is 4.89. The Hall–Kier alpha value is -2.61. The van der Waals surface area contributed by atoms with Gasteiger partial charge in [-0.05, 0) is 31.2 Å². The molecule has 0 aromatic heterocycles. The van der Waals surface area contributed by atoms with Crippen molar-refractivity contribution in [3.8, 4) is 5.75 Å². The summed E-state index contributed by atoms with van der Waals surface area (Å²) in [6, 6.07) is 5.48. The van der Waals surface area contributed by atoms with E-state index in [9.17, 15) is 19.5 Å². The maximum atomic E-state index is 12.7. The summed E-state index contributed by atoms with van der Waals surface area (Å²) in [5.41, 5.74) is 0.459. The molecule has 2 aliphatic heterocycles. The maximum absolute atomic E-state index is 12.7. The van der Waals surface area contributed by atoms with Crippen molar-refractivity contribution in [1.29, 1.82) is 0 Å². The summed E-state index contributed by atoms with van der Waals surface area (Å²) >= 11 is 0. The highest BCUT2D eigenvalue weighted by molar-refractivity contribution is 6.22. The Morgan fingerprint density at radius 3 is 2.40 bits per heavy atom. The van der Waals surface area contributed by atoms with Crippen molar-refractivity contribution in [1.82, 2.24) is 9.80 Å². The van der Waals surface area contributed by atoms with E-state index in [0.29, 0.717) is 38.5 Å². The Morgan fingerprint density at radius 2 is 1.80 bits per heavy atom. The molecule has 3 amide bonds. The molecular weight excluding hydrogens is 326 g/mol. The average Bonchev–Trinajstić information content (AvgIpc) is 2.91. The summed E-state index contributed by atoms with van der Waals surface area (Å²) in [4.78, 5) is 41.5. The van der Waals surface area contributed by atoms with E-state index in [0.717, 1.165) is 0 Å². The van der Waals surface area contributed by atoms with Gasteiger partial charge in [0.2, 0.25) is 5.91 Å². The third-order valence-electron chi connectivity index (χ3n) is 4.51. The van der Waals surface area contributed by atoms with Gasteiger partial charge in [0.15, 0.2) is 0 Å². The van der Waals surface area contributed by atoms with E-state index in [1.54, 1.807) is 24.0 Å². The quantitative estimate of drug-likeness (QED) is 0.814. The lowest BCUT2D eigenvalue weighted by Gasteiger charge is -2.36. The van der Waals surface area contributed by atoms with Crippen LogP contribution in [0.4, 0.5) is 10.5 Å². The molecular formula is C17H21N3O5. The fourth-order valence-corrected chi connectivity index (χ4v) is 3.21. The van der Waals surface area contributed by atoms with Crippen molar-refractivity contribution < 1.29 is 24.2 Å². The minimum Gasteiger partial charge on any atom is -0.508 e. The fourth-order valence-electron chi connectivity index (χ4n) is 3.21. The number of carbonyl (C=O) groups is 3. The van der Waals surface area contributed by atoms with E-state index in [-0.39, 0.29) is 30.1 Å². The first-order chi connectivity index (χ1) is 12.0. The molecule has 0 bridgehead atoms. The number of imide groups is 1. The van der Waals surface area contributed by atoms with E-state index in [4.69, 9.17) is 4.74 Å².